The van der Waals surface area contributed by atoms with E-state index in [-0.39, 0.29) is 0 Å². The highest BCUT2D eigenvalue weighted by molar-refractivity contribution is 6.39. The molecule has 0 saturated heterocycles. The maximum Gasteiger partial charge on any atom is 0.0694 e. The average Bonchev–Trinajstić information content (AvgIpc) is 2.59. The Morgan fingerprint density at radius 3 is 1.96 bits per heavy atom. The molecular weight excluding hydrogens is 327 g/mol. The highest BCUT2D eigenvalue weighted by atomic mass is 35.5. The third-order valence-corrected chi connectivity index (χ3v) is 4.07. The van der Waals surface area contributed by atoms with Crippen LogP contribution in [-0.2, 0) is 0 Å². The number of nitrogens with zero attached hydrogens (tertiary/aromatic N) is 1. The number of aliphatic imine (C=N–C) groups is 1. The van der Waals surface area contributed by atoms with Crippen molar-refractivity contribution in [1.29, 1.82) is 0 Å². The summed E-state index contributed by atoms with van der Waals surface area (Å²) in [6.45, 7) is 0. The topological polar surface area (TPSA) is 38.4 Å². The summed E-state index contributed by atoms with van der Waals surface area (Å²) in [6, 6.07) is 21.8. The van der Waals surface area contributed by atoms with Crippen LogP contribution in [0.15, 0.2) is 71.7 Å². The van der Waals surface area contributed by atoms with E-state index in [1.165, 1.54) is 11.1 Å². The van der Waals surface area contributed by atoms with Gasteiger partial charge in [-0.05, 0) is 28.8 Å². The third-order valence-electron chi connectivity index (χ3n) is 3.44. The Kier molecular flexibility index (Phi) is 4.65. The van der Waals surface area contributed by atoms with Gasteiger partial charge in [0.25, 0.3) is 0 Å². The van der Waals surface area contributed by atoms with Gasteiger partial charge < -0.3 is 5.73 Å². The van der Waals surface area contributed by atoms with E-state index < -0.39 is 0 Å². The fraction of sp³-hybridized carbons (Fsp3) is 0. The first-order valence-electron chi connectivity index (χ1n) is 7.07. The van der Waals surface area contributed by atoms with Gasteiger partial charge >= 0.3 is 0 Å². The van der Waals surface area contributed by atoms with Crippen molar-refractivity contribution in [2.24, 2.45) is 4.99 Å². The molecule has 0 aliphatic carbocycles. The Bertz CT molecular complexity index is 818. The first kappa shape index (κ1) is 15.6. The largest absolute Gasteiger partial charge is 0.396 e. The second-order valence-electron chi connectivity index (χ2n) is 5.07. The Morgan fingerprint density at radius 2 is 1.35 bits per heavy atom. The van der Waals surface area contributed by atoms with Crippen LogP contribution in [0.1, 0.15) is 5.56 Å². The number of hydrogen-bond donors (Lipinski definition) is 1. The molecule has 2 nitrogen and oxygen atoms in total. The number of nitrogen functional groups attached to an aromatic ring is 1. The lowest BCUT2D eigenvalue weighted by atomic mass is 10.0. The van der Waals surface area contributed by atoms with Gasteiger partial charge in [0.05, 0.1) is 21.4 Å². The van der Waals surface area contributed by atoms with Gasteiger partial charge in [-0.1, -0.05) is 77.8 Å². The number of nitrogens with two attached hydrogens (primary N) is 1. The molecule has 2 N–H and O–H groups in total. The van der Waals surface area contributed by atoms with Crippen molar-refractivity contribution in [3.63, 3.8) is 0 Å². The van der Waals surface area contributed by atoms with E-state index in [4.69, 9.17) is 28.9 Å². The zero-order valence-electron chi connectivity index (χ0n) is 12.2. The molecule has 0 fully saturated rings. The molecule has 3 aromatic rings. The zero-order chi connectivity index (χ0) is 16.2. The summed E-state index contributed by atoms with van der Waals surface area (Å²) in [7, 11) is 0. The van der Waals surface area contributed by atoms with Gasteiger partial charge in [-0.3, -0.25) is 4.99 Å². The summed E-state index contributed by atoms with van der Waals surface area (Å²) in [5.74, 6) is 0. The molecule has 23 heavy (non-hydrogen) atoms. The van der Waals surface area contributed by atoms with Gasteiger partial charge in [0.15, 0.2) is 0 Å². The normalized spacial score (nSPS) is 11.0. The summed E-state index contributed by atoms with van der Waals surface area (Å²) >= 11 is 12.0. The van der Waals surface area contributed by atoms with Crippen LogP contribution < -0.4 is 5.73 Å². The van der Waals surface area contributed by atoms with E-state index >= 15 is 0 Å². The second kappa shape index (κ2) is 6.86. The van der Waals surface area contributed by atoms with Crippen LogP contribution in [0.25, 0.3) is 11.1 Å². The quantitative estimate of drug-likeness (QED) is 0.461. The zero-order valence-corrected chi connectivity index (χ0v) is 13.7. The number of hydrogen-bond acceptors (Lipinski definition) is 2. The maximum atomic E-state index is 6.01. The van der Waals surface area contributed by atoms with Crippen LogP contribution in [-0.4, -0.2) is 6.21 Å². The minimum atomic E-state index is 0.375. The Labute approximate surface area is 145 Å². The third kappa shape index (κ3) is 3.73. The molecule has 3 aromatic carbocycles. The fourth-order valence-electron chi connectivity index (χ4n) is 2.19. The van der Waals surface area contributed by atoms with Crippen molar-refractivity contribution in [3.8, 4) is 11.1 Å². The average molecular weight is 341 g/mol. The van der Waals surface area contributed by atoms with Gasteiger partial charge in [-0.2, -0.15) is 0 Å². The lowest BCUT2D eigenvalue weighted by Gasteiger charge is -2.03. The van der Waals surface area contributed by atoms with Crippen molar-refractivity contribution in [3.05, 3.63) is 82.3 Å². The van der Waals surface area contributed by atoms with Crippen LogP contribution in [0.2, 0.25) is 10.0 Å². The predicted molar refractivity (Wildman–Crippen MR) is 100 cm³/mol. The molecule has 0 aliphatic heterocycles. The van der Waals surface area contributed by atoms with Gasteiger partial charge in [0, 0.05) is 6.21 Å². The summed E-state index contributed by atoms with van der Waals surface area (Å²) < 4.78 is 0. The molecule has 0 aromatic heterocycles. The maximum absolute atomic E-state index is 6.01. The van der Waals surface area contributed by atoms with Gasteiger partial charge in [-0.25, -0.2) is 0 Å². The number of benzene rings is 3. The first-order valence-corrected chi connectivity index (χ1v) is 7.83. The Morgan fingerprint density at radius 1 is 0.783 bits per heavy atom. The highest BCUT2D eigenvalue weighted by Gasteiger charge is 2.03. The Hall–Kier alpha value is -2.29. The van der Waals surface area contributed by atoms with E-state index in [2.05, 4.69) is 29.3 Å². The predicted octanol–water partition coefficient (Wildman–Crippen LogP) is 5.99. The van der Waals surface area contributed by atoms with Crippen LogP contribution >= 0.6 is 23.2 Å². The minimum absolute atomic E-state index is 0.375. The van der Waals surface area contributed by atoms with E-state index in [1.807, 2.05) is 30.3 Å². The lowest BCUT2D eigenvalue weighted by Crippen LogP contribution is -1.87. The van der Waals surface area contributed by atoms with E-state index in [9.17, 15) is 0 Å². The van der Waals surface area contributed by atoms with Crippen LogP contribution in [0.3, 0.4) is 0 Å². The molecule has 0 spiro atoms. The first-order chi connectivity index (χ1) is 11.1. The molecule has 0 heterocycles. The molecule has 0 bridgehead atoms. The number of rotatable bonds is 3. The number of anilines is 1. The number of halogens is 2. The van der Waals surface area contributed by atoms with Crippen molar-refractivity contribution in [2.75, 3.05) is 5.73 Å². The summed E-state index contributed by atoms with van der Waals surface area (Å²) in [6.07, 6.45) is 1.77. The standard InChI is InChI=1S/C19H14Cl2N2/c20-17-10-16(11-18(21)19(17)22)23-12-13-6-8-15(9-7-13)14-4-2-1-3-5-14/h1-12H,22H2. The van der Waals surface area contributed by atoms with Crippen molar-refractivity contribution >= 4 is 40.8 Å². The van der Waals surface area contributed by atoms with Crippen LogP contribution in [0.5, 0.6) is 0 Å². The molecule has 0 unspecified atom stereocenters. The van der Waals surface area contributed by atoms with Crippen molar-refractivity contribution < 1.29 is 0 Å². The van der Waals surface area contributed by atoms with Crippen molar-refractivity contribution in [1.82, 2.24) is 0 Å². The summed E-state index contributed by atoms with van der Waals surface area (Å²) in [5.41, 5.74) is 10.1. The molecule has 114 valence electrons. The van der Waals surface area contributed by atoms with Gasteiger partial charge in [0.1, 0.15) is 0 Å². The molecular formula is C19H14Cl2N2. The highest BCUT2D eigenvalue weighted by Crippen LogP contribution is 2.32. The molecule has 0 amide bonds. The van der Waals surface area contributed by atoms with Gasteiger partial charge in [0.2, 0.25) is 0 Å². The molecule has 3 rings (SSSR count). The SMILES string of the molecule is Nc1c(Cl)cc(N=Cc2ccc(-c3ccccc3)cc2)cc1Cl. The van der Waals surface area contributed by atoms with Gasteiger partial charge in [-0.15, -0.1) is 0 Å². The second-order valence-corrected chi connectivity index (χ2v) is 5.88. The van der Waals surface area contributed by atoms with E-state index in [0.717, 1.165) is 5.56 Å². The van der Waals surface area contributed by atoms with Crippen molar-refractivity contribution in [2.45, 2.75) is 0 Å². The smallest absolute Gasteiger partial charge is 0.0694 e. The van der Waals surface area contributed by atoms with Crippen LogP contribution in [0, 0.1) is 0 Å². The summed E-state index contributed by atoms with van der Waals surface area (Å²) in [5, 5.41) is 0.813. The van der Waals surface area contributed by atoms with Crippen LogP contribution in [0.4, 0.5) is 11.4 Å². The lowest BCUT2D eigenvalue weighted by molar-refractivity contribution is 1.52. The molecule has 4 heteroatoms. The molecule has 0 aliphatic rings. The molecule has 0 radical (unpaired) electrons. The molecule has 0 saturated carbocycles. The van der Waals surface area contributed by atoms with E-state index in [1.54, 1.807) is 18.3 Å². The minimum Gasteiger partial charge on any atom is -0.396 e. The van der Waals surface area contributed by atoms with E-state index in [0.29, 0.717) is 21.4 Å². The Balaban J connectivity index is 1.81. The fourth-order valence-corrected chi connectivity index (χ4v) is 2.66. The summed E-state index contributed by atoms with van der Waals surface area (Å²) in [4.78, 5) is 4.39. The monoisotopic (exact) mass is 340 g/mol. The molecule has 0 atom stereocenters.